The van der Waals surface area contributed by atoms with E-state index in [0.717, 1.165) is 5.69 Å². The quantitative estimate of drug-likeness (QED) is 0.684. The Bertz CT molecular complexity index is 466. The van der Waals surface area contributed by atoms with Gasteiger partial charge in [-0.25, -0.2) is 4.39 Å². The van der Waals surface area contributed by atoms with Crippen molar-refractivity contribution in [3.05, 3.63) is 60.2 Å². The molecule has 1 aromatic heterocycles. The van der Waals surface area contributed by atoms with Crippen LogP contribution >= 0.6 is 0 Å². The van der Waals surface area contributed by atoms with Crippen molar-refractivity contribution in [2.75, 3.05) is 0 Å². The van der Waals surface area contributed by atoms with E-state index >= 15 is 0 Å². The first-order chi connectivity index (χ1) is 7.34. The molecule has 0 radical (unpaired) electrons. The molecule has 15 heavy (non-hydrogen) atoms. The second-order valence-electron chi connectivity index (χ2n) is 2.99. The number of rotatable bonds is 2. The van der Waals surface area contributed by atoms with Crippen molar-refractivity contribution < 1.29 is 4.39 Å². The van der Waals surface area contributed by atoms with Crippen molar-refractivity contribution in [3.8, 4) is 0 Å². The van der Waals surface area contributed by atoms with E-state index in [-0.39, 0.29) is 5.82 Å². The molecule has 0 bridgehead atoms. The monoisotopic (exact) mass is 200 g/mol. The number of pyridine rings is 1. The maximum Gasteiger partial charge on any atom is 0.126 e. The predicted octanol–water partition coefficient (Wildman–Crippen LogP) is 2.97. The molecule has 2 nitrogen and oxygen atoms in total. The van der Waals surface area contributed by atoms with Gasteiger partial charge in [0.05, 0.1) is 17.6 Å². The SMILES string of the molecule is Fc1ccnc(C=Nc2ccccc2)c1. The topological polar surface area (TPSA) is 25.2 Å². The van der Waals surface area contributed by atoms with Crippen LogP contribution in [0.3, 0.4) is 0 Å². The molecule has 0 fully saturated rings. The Kier molecular flexibility index (Phi) is 2.83. The van der Waals surface area contributed by atoms with E-state index in [1.54, 1.807) is 6.21 Å². The van der Waals surface area contributed by atoms with Crippen LogP contribution in [0.2, 0.25) is 0 Å². The molecule has 0 N–H and O–H groups in total. The Morgan fingerprint density at radius 3 is 2.67 bits per heavy atom. The highest BCUT2D eigenvalue weighted by Gasteiger charge is 1.92. The second kappa shape index (κ2) is 4.46. The van der Waals surface area contributed by atoms with Crippen LogP contribution in [-0.2, 0) is 0 Å². The van der Waals surface area contributed by atoms with E-state index in [1.165, 1.54) is 18.3 Å². The summed E-state index contributed by atoms with van der Waals surface area (Å²) in [5.74, 6) is -0.306. The van der Waals surface area contributed by atoms with E-state index in [1.807, 2.05) is 30.3 Å². The maximum absolute atomic E-state index is 12.8. The maximum atomic E-state index is 12.8. The average molecular weight is 200 g/mol. The molecular formula is C12H9FN2. The summed E-state index contributed by atoms with van der Waals surface area (Å²) in [5, 5.41) is 0. The minimum atomic E-state index is -0.306. The first-order valence-electron chi connectivity index (χ1n) is 4.55. The highest BCUT2D eigenvalue weighted by atomic mass is 19.1. The van der Waals surface area contributed by atoms with Crippen molar-refractivity contribution >= 4 is 11.9 Å². The Labute approximate surface area is 87.1 Å². The highest BCUT2D eigenvalue weighted by molar-refractivity contribution is 5.79. The van der Waals surface area contributed by atoms with Crippen LogP contribution in [0.1, 0.15) is 5.69 Å². The summed E-state index contributed by atoms with van der Waals surface area (Å²) in [6.45, 7) is 0. The van der Waals surface area contributed by atoms with Gasteiger partial charge < -0.3 is 0 Å². The molecule has 0 aliphatic heterocycles. The smallest absolute Gasteiger partial charge is 0.126 e. The van der Waals surface area contributed by atoms with Crippen molar-refractivity contribution in [3.63, 3.8) is 0 Å². The summed E-state index contributed by atoms with van der Waals surface area (Å²) in [7, 11) is 0. The molecule has 0 atom stereocenters. The lowest BCUT2D eigenvalue weighted by Gasteiger charge is -1.93. The number of para-hydroxylation sites is 1. The van der Waals surface area contributed by atoms with Crippen molar-refractivity contribution in [1.29, 1.82) is 0 Å². The molecule has 0 spiro atoms. The molecule has 0 saturated heterocycles. The zero-order chi connectivity index (χ0) is 10.5. The number of aliphatic imine (C=N–C) groups is 1. The van der Waals surface area contributed by atoms with E-state index in [2.05, 4.69) is 9.98 Å². The van der Waals surface area contributed by atoms with Gasteiger partial charge in [0.15, 0.2) is 0 Å². The van der Waals surface area contributed by atoms with E-state index < -0.39 is 0 Å². The van der Waals surface area contributed by atoms with Gasteiger partial charge in [0.2, 0.25) is 0 Å². The van der Waals surface area contributed by atoms with Crippen LogP contribution in [0.4, 0.5) is 10.1 Å². The summed E-state index contributed by atoms with van der Waals surface area (Å²) < 4.78 is 12.8. The van der Waals surface area contributed by atoms with Crippen LogP contribution < -0.4 is 0 Å². The number of hydrogen-bond donors (Lipinski definition) is 0. The molecular weight excluding hydrogens is 191 g/mol. The van der Waals surface area contributed by atoms with Crippen LogP contribution in [0, 0.1) is 5.82 Å². The van der Waals surface area contributed by atoms with E-state index in [4.69, 9.17) is 0 Å². The van der Waals surface area contributed by atoms with Crippen LogP contribution in [0.25, 0.3) is 0 Å². The summed E-state index contributed by atoms with van der Waals surface area (Å²) in [6, 6.07) is 12.1. The van der Waals surface area contributed by atoms with Gasteiger partial charge >= 0.3 is 0 Å². The van der Waals surface area contributed by atoms with Crippen LogP contribution in [0.15, 0.2) is 53.7 Å². The Morgan fingerprint density at radius 2 is 1.93 bits per heavy atom. The van der Waals surface area contributed by atoms with Gasteiger partial charge in [-0.05, 0) is 18.2 Å². The first-order valence-corrected chi connectivity index (χ1v) is 4.55. The van der Waals surface area contributed by atoms with Gasteiger partial charge in [0.25, 0.3) is 0 Å². The first kappa shape index (κ1) is 9.52. The lowest BCUT2D eigenvalue weighted by atomic mass is 10.3. The molecule has 2 aromatic rings. The van der Waals surface area contributed by atoms with Crippen LogP contribution in [-0.4, -0.2) is 11.2 Å². The standard InChI is InChI=1S/C12H9FN2/c13-10-6-7-14-12(8-10)9-15-11-4-2-1-3-5-11/h1-9H. The lowest BCUT2D eigenvalue weighted by molar-refractivity contribution is 0.625. The molecule has 0 amide bonds. The number of halogens is 1. The highest BCUT2D eigenvalue weighted by Crippen LogP contribution is 2.09. The minimum absolute atomic E-state index is 0.306. The fourth-order valence-electron chi connectivity index (χ4n) is 1.15. The van der Waals surface area contributed by atoms with Crippen molar-refractivity contribution in [2.24, 2.45) is 4.99 Å². The van der Waals surface area contributed by atoms with Gasteiger partial charge in [-0.2, -0.15) is 0 Å². The zero-order valence-corrected chi connectivity index (χ0v) is 7.97. The van der Waals surface area contributed by atoms with Crippen molar-refractivity contribution in [1.82, 2.24) is 4.98 Å². The molecule has 2 rings (SSSR count). The zero-order valence-electron chi connectivity index (χ0n) is 7.97. The summed E-state index contributed by atoms with van der Waals surface area (Å²) >= 11 is 0. The van der Waals surface area contributed by atoms with Gasteiger partial charge in [-0.3, -0.25) is 9.98 Å². The van der Waals surface area contributed by atoms with E-state index in [9.17, 15) is 4.39 Å². The van der Waals surface area contributed by atoms with Crippen molar-refractivity contribution in [2.45, 2.75) is 0 Å². The van der Waals surface area contributed by atoms with Crippen LogP contribution in [0.5, 0.6) is 0 Å². The second-order valence-corrected chi connectivity index (χ2v) is 2.99. The minimum Gasteiger partial charge on any atom is -0.255 e. The third kappa shape index (κ3) is 2.71. The molecule has 74 valence electrons. The summed E-state index contributed by atoms with van der Waals surface area (Å²) in [6.07, 6.45) is 2.96. The normalized spacial score (nSPS) is 10.7. The van der Waals surface area contributed by atoms with Gasteiger partial charge in [-0.1, -0.05) is 18.2 Å². The number of nitrogens with zero attached hydrogens (tertiary/aromatic N) is 2. The molecule has 1 heterocycles. The Morgan fingerprint density at radius 1 is 1.13 bits per heavy atom. The molecule has 0 aliphatic rings. The Hall–Kier alpha value is -2.03. The van der Waals surface area contributed by atoms with Gasteiger partial charge in [0, 0.05) is 12.3 Å². The number of hydrogen-bond acceptors (Lipinski definition) is 2. The third-order valence-electron chi connectivity index (χ3n) is 1.85. The predicted molar refractivity (Wildman–Crippen MR) is 57.9 cm³/mol. The fraction of sp³-hybridized carbons (Fsp3) is 0. The summed E-state index contributed by atoms with van der Waals surface area (Å²) in [4.78, 5) is 8.13. The lowest BCUT2D eigenvalue weighted by Crippen LogP contribution is -1.87. The molecule has 0 aliphatic carbocycles. The van der Waals surface area contributed by atoms with E-state index in [0.29, 0.717) is 5.69 Å². The molecule has 0 unspecified atom stereocenters. The number of benzene rings is 1. The van der Waals surface area contributed by atoms with Gasteiger partial charge in [0.1, 0.15) is 5.82 Å². The van der Waals surface area contributed by atoms with Gasteiger partial charge in [-0.15, -0.1) is 0 Å². The fourth-order valence-corrected chi connectivity index (χ4v) is 1.15. The number of aromatic nitrogens is 1. The Balaban J connectivity index is 2.19. The summed E-state index contributed by atoms with van der Waals surface area (Å²) in [5.41, 5.74) is 1.34. The average Bonchev–Trinajstić information content (AvgIpc) is 2.28. The largest absolute Gasteiger partial charge is 0.255 e. The molecule has 1 aromatic carbocycles. The molecule has 0 saturated carbocycles. The third-order valence-corrected chi connectivity index (χ3v) is 1.85. The molecule has 3 heteroatoms.